The van der Waals surface area contributed by atoms with Crippen molar-refractivity contribution >= 4 is 22.7 Å². The number of unbranched alkanes of at least 4 members (excludes halogenated alkanes) is 1. The van der Waals surface area contributed by atoms with Gasteiger partial charge in [0.05, 0.1) is 5.52 Å². The van der Waals surface area contributed by atoms with Crippen molar-refractivity contribution in [3.05, 3.63) is 23.8 Å². The van der Waals surface area contributed by atoms with Crippen molar-refractivity contribution in [1.29, 1.82) is 0 Å². The molecule has 0 saturated carbocycles. The fraction of sp³-hybridized carbons (Fsp3) is 0.556. The number of aromatic nitrogens is 2. The summed E-state index contributed by atoms with van der Waals surface area (Å²) < 4.78 is 0. The van der Waals surface area contributed by atoms with Crippen molar-refractivity contribution in [3.63, 3.8) is 0 Å². The fourth-order valence-electron chi connectivity index (χ4n) is 2.46. The number of nitrogen functional groups attached to an aromatic ring is 1. The van der Waals surface area contributed by atoms with Crippen molar-refractivity contribution in [2.45, 2.75) is 59.4 Å². The Morgan fingerprint density at radius 1 is 1.22 bits per heavy atom. The molecule has 4 N–H and O–H groups in total. The first-order valence-corrected chi connectivity index (χ1v) is 8.55. The van der Waals surface area contributed by atoms with Gasteiger partial charge in [-0.3, -0.25) is 0 Å². The molecule has 0 bridgehead atoms. The van der Waals surface area contributed by atoms with E-state index < -0.39 is 0 Å². The number of hydrogen-bond donors (Lipinski definition) is 3. The first-order chi connectivity index (χ1) is 11.1. The third-order valence-corrected chi connectivity index (χ3v) is 3.59. The van der Waals surface area contributed by atoms with E-state index in [0.29, 0.717) is 6.42 Å². The van der Waals surface area contributed by atoms with Crippen LogP contribution in [-0.2, 0) is 0 Å². The van der Waals surface area contributed by atoms with Crippen molar-refractivity contribution in [3.8, 4) is 0 Å². The first kappa shape index (κ1) is 19.2. The second-order valence-electron chi connectivity index (χ2n) is 5.45. The molecule has 1 aromatic heterocycles. The van der Waals surface area contributed by atoms with Gasteiger partial charge < -0.3 is 16.2 Å². The van der Waals surface area contributed by atoms with Gasteiger partial charge in [0.2, 0.25) is 5.95 Å². The Balaban J connectivity index is 0.00000127. The topological polar surface area (TPSA) is 84.1 Å². The number of nitrogens with one attached hydrogen (secondary N) is 1. The Morgan fingerprint density at radius 3 is 2.61 bits per heavy atom. The van der Waals surface area contributed by atoms with Gasteiger partial charge in [0.15, 0.2) is 0 Å². The molecule has 1 atom stereocenters. The van der Waals surface area contributed by atoms with E-state index in [0.717, 1.165) is 41.5 Å². The SMILES string of the molecule is CC.CCCC[C@@H](CCO)Nc1nc(N)nc2cc(C)ccc12. The monoisotopic (exact) mass is 318 g/mol. The minimum atomic E-state index is 0.166. The molecule has 23 heavy (non-hydrogen) atoms. The van der Waals surface area contributed by atoms with Crippen LogP contribution in [0.1, 0.15) is 52.0 Å². The minimum Gasteiger partial charge on any atom is -0.396 e. The van der Waals surface area contributed by atoms with Crippen molar-refractivity contribution in [2.75, 3.05) is 17.7 Å². The van der Waals surface area contributed by atoms with Crippen LogP contribution in [0, 0.1) is 6.92 Å². The number of anilines is 2. The molecule has 2 aromatic rings. The normalized spacial score (nSPS) is 11.7. The largest absolute Gasteiger partial charge is 0.396 e. The molecular weight excluding hydrogens is 288 g/mol. The predicted molar refractivity (Wildman–Crippen MR) is 98.7 cm³/mol. The molecule has 1 aromatic carbocycles. The van der Waals surface area contributed by atoms with Gasteiger partial charge in [-0.15, -0.1) is 0 Å². The Morgan fingerprint density at radius 2 is 1.96 bits per heavy atom. The lowest BCUT2D eigenvalue weighted by atomic mass is 10.1. The Hall–Kier alpha value is -1.88. The van der Waals surface area contributed by atoms with E-state index in [4.69, 9.17) is 5.73 Å². The van der Waals surface area contributed by atoms with Gasteiger partial charge in [0.1, 0.15) is 5.82 Å². The Kier molecular flexibility index (Phi) is 8.33. The Labute approximate surface area is 139 Å². The molecule has 0 aliphatic carbocycles. The molecule has 0 aliphatic rings. The summed E-state index contributed by atoms with van der Waals surface area (Å²) in [7, 11) is 0. The molecule has 128 valence electrons. The molecule has 0 amide bonds. The average molecular weight is 318 g/mol. The smallest absolute Gasteiger partial charge is 0.222 e. The average Bonchev–Trinajstić information content (AvgIpc) is 2.54. The Bertz CT molecular complexity index is 596. The van der Waals surface area contributed by atoms with E-state index in [1.54, 1.807) is 0 Å². The van der Waals surface area contributed by atoms with Crippen molar-refractivity contribution in [2.24, 2.45) is 0 Å². The molecule has 5 heteroatoms. The molecule has 0 spiro atoms. The molecular formula is C18H30N4O. The van der Waals surface area contributed by atoms with Gasteiger partial charge in [0.25, 0.3) is 0 Å². The highest BCUT2D eigenvalue weighted by Crippen LogP contribution is 2.24. The van der Waals surface area contributed by atoms with Crippen molar-refractivity contribution < 1.29 is 5.11 Å². The third-order valence-electron chi connectivity index (χ3n) is 3.59. The summed E-state index contributed by atoms with van der Waals surface area (Å²) in [4.78, 5) is 8.62. The third kappa shape index (κ3) is 5.67. The number of nitrogens with zero attached hydrogens (tertiary/aromatic N) is 2. The highest BCUT2D eigenvalue weighted by Gasteiger charge is 2.12. The number of fused-ring (bicyclic) bond motifs is 1. The molecule has 0 fully saturated rings. The quantitative estimate of drug-likeness (QED) is 0.721. The number of rotatable bonds is 7. The van der Waals surface area contributed by atoms with E-state index in [1.165, 1.54) is 0 Å². The highest BCUT2D eigenvalue weighted by molar-refractivity contribution is 5.90. The van der Waals surface area contributed by atoms with Crippen LogP contribution in [0.25, 0.3) is 10.9 Å². The lowest BCUT2D eigenvalue weighted by Crippen LogP contribution is -2.22. The summed E-state index contributed by atoms with van der Waals surface area (Å²) >= 11 is 0. The number of aliphatic hydroxyl groups excluding tert-OH is 1. The number of aliphatic hydroxyl groups is 1. The molecule has 0 aliphatic heterocycles. The number of aryl methyl sites for hydroxylation is 1. The zero-order valence-corrected chi connectivity index (χ0v) is 14.8. The van der Waals surface area contributed by atoms with Crippen LogP contribution in [0.4, 0.5) is 11.8 Å². The summed E-state index contributed by atoms with van der Waals surface area (Å²) in [6.07, 6.45) is 3.97. The lowest BCUT2D eigenvalue weighted by molar-refractivity contribution is 0.276. The van der Waals surface area contributed by atoms with Crippen LogP contribution in [-0.4, -0.2) is 27.7 Å². The fourth-order valence-corrected chi connectivity index (χ4v) is 2.46. The summed E-state index contributed by atoms with van der Waals surface area (Å²) in [6.45, 7) is 8.36. The maximum absolute atomic E-state index is 9.22. The van der Waals surface area contributed by atoms with E-state index in [-0.39, 0.29) is 18.6 Å². The van der Waals surface area contributed by atoms with Gasteiger partial charge in [0, 0.05) is 18.0 Å². The van der Waals surface area contributed by atoms with Gasteiger partial charge >= 0.3 is 0 Å². The second-order valence-corrected chi connectivity index (χ2v) is 5.45. The predicted octanol–water partition coefficient (Wildman–Crippen LogP) is 3.90. The summed E-state index contributed by atoms with van der Waals surface area (Å²) in [5, 5.41) is 13.6. The minimum absolute atomic E-state index is 0.166. The zero-order valence-electron chi connectivity index (χ0n) is 14.8. The highest BCUT2D eigenvalue weighted by atomic mass is 16.3. The number of nitrogens with two attached hydrogens (primary N) is 1. The first-order valence-electron chi connectivity index (χ1n) is 8.55. The zero-order chi connectivity index (χ0) is 17.2. The van der Waals surface area contributed by atoms with E-state index in [2.05, 4.69) is 22.2 Å². The maximum atomic E-state index is 9.22. The van der Waals surface area contributed by atoms with Crippen LogP contribution in [0.15, 0.2) is 18.2 Å². The molecule has 0 saturated heterocycles. The molecule has 1 heterocycles. The number of benzene rings is 1. The van der Waals surface area contributed by atoms with Crippen LogP contribution in [0.3, 0.4) is 0 Å². The van der Waals surface area contributed by atoms with Gasteiger partial charge in [-0.2, -0.15) is 4.98 Å². The molecule has 0 unspecified atom stereocenters. The van der Waals surface area contributed by atoms with Crippen LogP contribution >= 0.6 is 0 Å². The van der Waals surface area contributed by atoms with Crippen molar-refractivity contribution in [1.82, 2.24) is 9.97 Å². The number of hydrogen-bond acceptors (Lipinski definition) is 5. The van der Waals surface area contributed by atoms with Crippen LogP contribution in [0.5, 0.6) is 0 Å². The standard InChI is InChI=1S/C16H24N4O.C2H6/c1-3-4-5-12(8-9-21)18-15-13-7-6-11(2)10-14(13)19-16(17)20-15;1-2/h6-7,10,12,21H,3-5,8-9H2,1-2H3,(H3,17,18,19,20);1-2H3/t12-;/m0./s1. The molecule has 5 nitrogen and oxygen atoms in total. The summed E-state index contributed by atoms with van der Waals surface area (Å²) in [6, 6.07) is 6.27. The van der Waals surface area contributed by atoms with E-state index in [1.807, 2.05) is 39.0 Å². The lowest BCUT2D eigenvalue weighted by Gasteiger charge is -2.19. The van der Waals surface area contributed by atoms with Crippen LogP contribution < -0.4 is 11.1 Å². The van der Waals surface area contributed by atoms with Crippen LogP contribution in [0.2, 0.25) is 0 Å². The van der Waals surface area contributed by atoms with Gasteiger partial charge in [-0.1, -0.05) is 39.7 Å². The van der Waals surface area contributed by atoms with E-state index in [9.17, 15) is 5.11 Å². The maximum Gasteiger partial charge on any atom is 0.222 e. The van der Waals surface area contributed by atoms with Gasteiger partial charge in [-0.25, -0.2) is 4.98 Å². The summed E-state index contributed by atoms with van der Waals surface area (Å²) in [5.74, 6) is 1.03. The van der Waals surface area contributed by atoms with E-state index >= 15 is 0 Å². The molecule has 2 rings (SSSR count). The molecule has 0 radical (unpaired) electrons. The summed E-state index contributed by atoms with van der Waals surface area (Å²) in [5.41, 5.74) is 7.81. The second kappa shape index (κ2) is 10.0. The van der Waals surface area contributed by atoms with Gasteiger partial charge in [-0.05, 0) is 37.5 Å².